The maximum Gasteiger partial charge on any atom is 0.189 e. The number of phenolic OH excluding ortho intramolecular Hbond substituents is 2. The number of ether oxygens (including phenoxy) is 1. The molecule has 2 N–H and O–H groups in total. The third kappa shape index (κ3) is 3.67. The standard InChI is InChI=1S/C19H16O4/c20-17-5-1-13(2-6-17)9-15-11-23-12-16(19(15)22)10-14-3-7-18(21)8-4-14/h1-10,20-21H,11-12H2. The minimum atomic E-state index is -0.0441. The fourth-order valence-electron chi connectivity index (χ4n) is 2.37. The molecule has 0 atom stereocenters. The average molecular weight is 308 g/mol. The summed E-state index contributed by atoms with van der Waals surface area (Å²) >= 11 is 0. The molecular weight excluding hydrogens is 292 g/mol. The summed E-state index contributed by atoms with van der Waals surface area (Å²) in [6.07, 6.45) is 3.54. The Kier molecular flexibility index (Phi) is 4.26. The zero-order valence-corrected chi connectivity index (χ0v) is 12.4. The number of Topliss-reactive ketones (excluding diaryl/α,β-unsaturated/α-hetero) is 1. The first-order chi connectivity index (χ1) is 11.1. The lowest BCUT2D eigenvalue weighted by molar-refractivity contribution is -0.114. The van der Waals surface area contributed by atoms with Crippen molar-refractivity contribution in [3.63, 3.8) is 0 Å². The summed E-state index contributed by atoms with van der Waals surface area (Å²) in [6, 6.07) is 13.3. The number of phenols is 2. The van der Waals surface area contributed by atoms with Crippen LogP contribution < -0.4 is 0 Å². The van der Waals surface area contributed by atoms with Crippen molar-refractivity contribution < 1.29 is 19.7 Å². The molecular formula is C19H16O4. The van der Waals surface area contributed by atoms with Crippen LogP contribution >= 0.6 is 0 Å². The molecule has 0 radical (unpaired) electrons. The fourth-order valence-corrected chi connectivity index (χ4v) is 2.37. The quantitative estimate of drug-likeness (QED) is 0.836. The Morgan fingerprint density at radius 2 is 1.13 bits per heavy atom. The van der Waals surface area contributed by atoms with Crippen LogP contribution in [-0.2, 0) is 9.53 Å². The molecule has 1 heterocycles. The minimum absolute atomic E-state index is 0.0441. The molecule has 116 valence electrons. The summed E-state index contributed by atoms with van der Waals surface area (Å²) in [7, 11) is 0. The molecule has 0 unspecified atom stereocenters. The van der Waals surface area contributed by atoms with Gasteiger partial charge in [-0.15, -0.1) is 0 Å². The zero-order chi connectivity index (χ0) is 16.2. The van der Waals surface area contributed by atoms with Crippen molar-refractivity contribution >= 4 is 17.9 Å². The van der Waals surface area contributed by atoms with E-state index in [1.807, 2.05) is 0 Å². The second-order valence-electron chi connectivity index (χ2n) is 5.34. The number of rotatable bonds is 2. The molecule has 0 aliphatic carbocycles. The van der Waals surface area contributed by atoms with Crippen molar-refractivity contribution in [2.45, 2.75) is 0 Å². The maximum absolute atomic E-state index is 12.6. The topological polar surface area (TPSA) is 66.8 Å². The van der Waals surface area contributed by atoms with Gasteiger partial charge in [-0.3, -0.25) is 4.79 Å². The van der Waals surface area contributed by atoms with Crippen LogP contribution in [0.15, 0.2) is 59.7 Å². The lowest BCUT2D eigenvalue weighted by Gasteiger charge is -2.17. The summed E-state index contributed by atoms with van der Waals surface area (Å²) in [6.45, 7) is 0.541. The van der Waals surface area contributed by atoms with Crippen molar-refractivity contribution in [2.75, 3.05) is 13.2 Å². The Labute approximate surface area is 134 Å². The molecule has 0 saturated carbocycles. The van der Waals surface area contributed by atoms with E-state index in [1.54, 1.807) is 60.7 Å². The molecule has 2 aromatic carbocycles. The van der Waals surface area contributed by atoms with Crippen LogP contribution in [0.1, 0.15) is 11.1 Å². The van der Waals surface area contributed by atoms with E-state index in [1.165, 1.54) is 0 Å². The van der Waals surface area contributed by atoms with Crippen LogP contribution in [0.25, 0.3) is 12.2 Å². The van der Waals surface area contributed by atoms with Gasteiger partial charge in [-0.25, -0.2) is 0 Å². The summed E-state index contributed by atoms with van der Waals surface area (Å²) in [5.74, 6) is 0.329. The van der Waals surface area contributed by atoms with E-state index >= 15 is 0 Å². The van der Waals surface area contributed by atoms with Crippen molar-refractivity contribution in [3.05, 3.63) is 70.8 Å². The highest BCUT2D eigenvalue weighted by atomic mass is 16.5. The van der Waals surface area contributed by atoms with Gasteiger partial charge in [-0.2, -0.15) is 0 Å². The first-order valence-corrected chi connectivity index (χ1v) is 7.23. The molecule has 0 spiro atoms. The lowest BCUT2D eigenvalue weighted by Crippen LogP contribution is -2.21. The molecule has 0 aromatic heterocycles. The van der Waals surface area contributed by atoms with Gasteiger partial charge >= 0.3 is 0 Å². The Morgan fingerprint density at radius 1 is 0.739 bits per heavy atom. The van der Waals surface area contributed by atoms with Gasteiger partial charge in [0.05, 0.1) is 13.2 Å². The van der Waals surface area contributed by atoms with Gasteiger partial charge in [0.15, 0.2) is 5.78 Å². The van der Waals surface area contributed by atoms with Gasteiger partial charge in [0.25, 0.3) is 0 Å². The third-order valence-electron chi connectivity index (χ3n) is 3.57. The summed E-state index contributed by atoms with van der Waals surface area (Å²) < 4.78 is 5.50. The van der Waals surface area contributed by atoms with Crippen LogP contribution in [0.2, 0.25) is 0 Å². The molecule has 23 heavy (non-hydrogen) atoms. The van der Waals surface area contributed by atoms with E-state index < -0.39 is 0 Å². The molecule has 2 aromatic rings. The number of carbonyl (C=O) groups is 1. The highest BCUT2D eigenvalue weighted by molar-refractivity contribution is 6.14. The molecule has 4 nitrogen and oxygen atoms in total. The third-order valence-corrected chi connectivity index (χ3v) is 3.57. The Bertz CT molecular complexity index is 703. The van der Waals surface area contributed by atoms with Crippen molar-refractivity contribution in [2.24, 2.45) is 0 Å². The first kappa shape index (κ1) is 15.1. The van der Waals surface area contributed by atoms with E-state index in [-0.39, 0.29) is 30.5 Å². The predicted molar refractivity (Wildman–Crippen MR) is 88.0 cm³/mol. The van der Waals surface area contributed by atoms with E-state index in [9.17, 15) is 15.0 Å². The van der Waals surface area contributed by atoms with Crippen LogP contribution in [0, 0.1) is 0 Å². The van der Waals surface area contributed by atoms with E-state index in [4.69, 9.17) is 4.74 Å². The fraction of sp³-hybridized carbons (Fsp3) is 0.105. The average Bonchev–Trinajstić information content (AvgIpc) is 2.55. The Morgan fingerprint density at radius 3 is 1.52 bits per heavy atom. The predicted octanol–water partition coefficient (Wildman–Crippen LogP) is 3.16. The van der Waals surface area contributed by atoms with Crippen LogP contribution in [0.5, 0.6) is 11.5 Å². The Balaban J connectivity index is 1.86. The zero-order valence-electron chi connectivity index (χ0n) is 12.4. The minimum Gasteiger partial charge on any atom is -0.508 e. The molecule has 1 aliphatic rings. The first-order valence-electron chi connectivity index (χ1n) is 7.23. The monoisotopic (exact) mass is 308 g/mol. The lowest BCUT2D eigenvalue weighted by atomic mass is 9.98. The van der Waals surface area contributed by atoms with Crippen LogP contribution in [-0.4, -0.2) is 29.2 Å². The largest absolute Gasteiger partial charge is 0.508 e. The second-order valence-corrected chi connectivity index (χ2v) is 5.34. The highest BCUT2D eigenvalue weighted by Crippen LogP contribution is 2.21. The number of hydrogen-bond donors (Lipinski definition) is 2. The summed E-state index contributed by atoms with van der Waals surface area (Å²) in [5, 5.41) is 18.6. The van der Waals surface area contributed by atoms with E-state index in [0.717, 1.165) is 11.1 Å². The molecule has 3 rings (SSSR count). The highest BCUT2D eigenvalue weighted by Gasteiger charge is 2.21. The molecule has 4 heteroatoms. The van der Waals surface area contributed by atoms with E-state index in [2.05, 4.69) is 0 Å². The number of ketones is 1. The maximum atomic E-state index is 12.6. The number of aromatic hydroxyl groups is 2. The number of benzene rings is 2. The smallest absolute Gasteiger partial charge is 0.189 e. The van der Waals surface area contributed by atoms with Crippen LogP contribution in [0.3, 0.4) is 0 Å². The normalized spacial score (nSPS) is 18.5. The number of hydrogen-bond acceptors (Lipinski definition) is 4. The molecule has 0 amide bonds. The molecule has 1 saturated heterocycles. The SMILES string of the molecule is O=C1C(=Cc2ccc(O)cc2)COCC1=Cc1ccc(O)cc1. The van der Waals surface area contributed by atoms with Gasteiger partial charge in [0.2, 0.25) is 0 Å². The molecule has 1 aliphatic heterocycles. The van der Waals surface area contributed by atoms with E-state index in [0.29, 0.717) is 11.1 Å². The van der Waals surface area contributed by atoms with Crippen molar-refractivity contribution in [3.8, 4) is 11.5 Å². The second kappa shape index (κ2) is 6.50. The van der Waals surface area contributed by atoms with Gasteiger partial charge in [-0.05, 0) is 47.5 Å². The molecule has 1 fully saturated rings. The van der Waals surface area contributed by atoms with Crippen LogP contribution in [0.4, 0.5) is 0 Å². The van der Waals surface area contributed by atoms with Crippen molar-refractivity contribution in [1.29, 1.82) is 0 Å². The Hall–Kier alpha value is -2.85. The van der Waals surface area contributed by atoms with Gasteiger partial charge < -0.3 is 14.9 Å². The number of carbonyl (C=O) groups excluding carboxylic acids is 1. The van der Waals surface area contributed by atoms with Gasteiger partial charge in [0, 0.05) is 11.1 Å². The summed E-state index contributed by atoms with van der Waals surface area (Å²) in [4.78, 5) is 12.6. The summed E-state index contributed by atoms with van der Waals surface area (Å²) in [5.41, 5.74) is 2.82. The molecule has 0 bridgehead atoms. The van der Waals surface area contributed by atoms with Gasteiger partial charge in [0.1, 0.15) is 11.5 Å². The van der Waals surface area contributed by atoms with Gasteiger partial charge in [-0.1, -0.05) is 24.3 Å². The van der Waals surface area contributed by atoms with Crippen molar-refractivity contribution in [1.82, 2.24) is 0 Å².